The summed E-state index contributed by atoms with van der Waals surface area (Å²) in [6.45, 7) is 2.19. The molecule has 0 saturated carbocycles. The standard InChI is InChI=1S/C13H16ClN3O2/c1-8(15)13(9-2-4-10(14)5-3-9)17-6-11(18)16-12(19)7-17/h2-5,8,13H,6-7,15H2,1H3,(H,16,18,19). The van der Waals surface area contributed by atoms with E-state index < -0.39 is 0 Å². The van der Waals surface area contributed by atoms with Crippen LogP contribution in [0.2, 0.25) is 5.02 Å². The summed E-state index contributed by atoms with van der Waals surface area (Å²) < 4.78 is 0. The summed E-state index contributed by atoms with van der Waals surface area (Å²) in [6, 6.07) is 6.89. The summed E-state index contributed by atoms with van der Waals surface area (Å²) in [5.41, 5.74) is 6.96. The fourth-order valence-electron chi connectivity index (χ4n) is 2.36. The Kier molecular flexibility index (Phi) is 4.19. The topological polar surface area (TPSA) is 75.4 Å². The Morgan fingerprint density at radius 3 is 2.21 bits per heavy atom. The molecule has 0 aromatic heterocycles. The predicted molar refractivity (Wildman–Crippen MR) is 72.6 cm³/mol. The first-order valence-electron chi connectivity index (χ1n) is 6.05. The highest BCUT2D eigenvalue weighted by Crippen LogP contribution is 2.25. The molecule has 0 radical (unpaired) electrons. The van der Waals surface area contributed by atoms with Crippen LogP contribution in [0.1, 0.15) is 18.5 Å². The average Bonchev–Trinajstić information content (AvgIpc) is 2.30. The zero-order chi connectivity index (χ0) is 14.0. The van der Waals surface area contributed by atoms with Gasteiger partial charge in [-0.3, -0.25) is 19.8 Å². The van der Waals surface area contributed by atoms with Gasteiger partial charge in [0.15, 0.2) is 0 Å². The average molecular weight is 282 g/mol. The molecule has 5 nitrogen and oxygen atoms in total. The van der Waals surface area contributed by atoms with Crippen LogP contribution in [-0.4, -0.2) is 35.8 Å². The molecule has 1 aliphatic rings. The normalized spacial score (nSPS) is 19.9. The van der Waals surface area contributed by atoms with Gasteiger partial charge >= 0.3 is 0 Å². The molecule has 0 bridgehead atoms. The number of benzene rings is 1. The number of carbonyl (C=O) groups excluding carboxylic acids is 2. The largest absolute Gasteiger partial charge is 0.326 e. The van der Waals surface area contributed by atoms with Gasteiger partial charge < -0.3 is 5.73 Å². The molecule has 1 aromatic carbocycles. The monoisotopic (exact) mass is 281 g/mol. The van der Waals surface area contributed by atoms with E-state index >= 15 is 0 Å². The molecule has 102 valence electrons. The van der Waals surface area contributed by atoms with Crippen LogP contribution in [0.15, 0.2) is 24.3 Å². The van der Waals surface area contributed by atoms with E-state index in [4.69, 9.17) is 17.3 Å². The third-order valence-electron chi connectivity index (χ3n) is 3.08. The van der Waals surface area contributed by atoms with Crippen LogP contribution < -0.4 is 11.1 Å². The van der Waals surface area contributed by atoms with Crippen molar-refractivity contribution in [1.82, 2.24) is 10.2 Å². The van der Waals surface area contributed by atoms with E-state index in [0.29, 0.717) is 5.02 Å². The van der Waals surface area contributed by atoms with Crippen molar-refractivity contribution < 1.29 is 9.59 Å². The zero-order valence-electron chi connectivity index (χ0n) is 10.6. The van der Waals surface area contributed by atoms with Crippen molar-refractivity contribution in [3.63, 3.8) is 0 Å². The van der Waals surface area contributed by atoms with E-state index in [-0.39, 0.29) is 37.0 Å². The molecular weight excluding hydrogens is 266 g/mol. The van der Waals surface area contributed by atoms with Crippen molar-refractivity contribution in [3.05, 3.63) is 34.9 Å². The first-order valence-corrected chi connectivity index (χ1v) is 6.43. The third kappa shape index (κ3) is 3.32. The van der Waals surface area contributed by atoms with E-state index in [1.807, 2.05) is 19.1 Å². The molecule has 2 atom stereocenters. The molecule has 1 aromatic rings. The van der Waals surface area contributed by atoms with E-state index in [9.17, 15) is 9.59 Å². The Morgan fingerprint density at radius 2 is 1.74 bits per heavy atom. The second-order valence-electron chi connectivity index (χ2n) is 4.73. The Labute approximate surface area is 116 Å². The Morgan fingerprint density at radius 1 is 1.21 bits per heavy atom. The molecule has 1 fully saturated rings. The molecule has 1 saturated heterocycles. The van der Waals surface area contributed by atoms with Crippen molar-refractivity contribution in [3.8, 4) is 0 Å². The lowest BCUT2D eigenvalue weighted by atomic mass is 9.98. The lowest BCUT2D eigenvalue weighted by molar-refractivity contribution is -0.137. The minimum absolute atomic E-state index is 0.167. The third-order valence-corrected chi connectivity index (χ3v) is 3.33. The van der Waals surface area contributed by atoms with Gasteiger partial charge in [0.2, 0.25) is 11.8 Å². The molecular formula is C13H16ClN3O2. The van der Waals surface area contributed by atoms with Crippen LogP contribution in [0.3, 0.4) is 0 Å². The van der Waals surface area contributed by atoms with Crippen molar-refractivity contribution in [1.29, 1.82) is 0 Å². The van der Waals surface area contributed by atoms with Gasteiger partial charge in [-0.25, -0.2) is 0 Å². The van der Waals surface area contributed by atoms with E-state index in [2.05, 4.69) is 5.32 Å². The Bertz CT molecular complexity index is 471. The molecule has 2 rings (SSSR count). The highest BCUT2D eigenvalue weighted by molar-refractivity contribution is 6.30. The van der Waals surface area contributed by atoms with Crippen LogP contribution in [0.4, 0.5) is 0 Å². The van der Waals surface area contributed by atoms with Gasteiger partial charge in [-0.15, -0.1) is 0 Å². The fourth-order valence-corrected chi connectivity index (χ4v) is 2.49. The van der Waals surface area contributed by atoms with Crippen LogP contribution in [-0.2, 0) is 9.59 Å². The molecule has 0 spiro atoms. The summed E-state index contributed by atoms with van der Waals surface area (Å²) >= 11 is 5.86. The molecule has 19 heavy (non-hydrogen) atoms. The van der Waals surface area contributed by atoms with Crippen LogP contribution in [0.5, 0.6) is 0 Å². The Hall–Kier alpha value is -1.43. The number of nitrogens with zero attached hydrogens (tertiary/aromatic N) is 1. The van der Waals surface area contributed by atoms with Gasteiger partial charge in [-0.1, -0.05) is 23.7 Å². The molecule has 1 aliphatic heterocycles. The number of hydrogen-bond acceptors (Lipinski definition) is 4. The molecule has 6 heteroatoms. The number of amides is 2. The number of piperazine rings is 1. The van der Waals surface area contributed by atoms with E-state index in [0.717, 1.165) is 5.56 Å². The summed E-state index contributed by atoms with van der Waals surface area (Å²) in [7, 11) is 0. The van der Waals surface area contributed by atoms with Crippen LogP contribution >= 0.6 is 11.6 Å². The minimum Gasteiger partial charge on any atom is -0.326 e. The van der Waals surface area contributed by atoms with Crippen molar-refractivity contribution in [2.75, 3.05) is 13.1 Å². The van der Waals surface area contributed by atoms with Crippen molar-refractivity contribution in [2.45, 2.75) is 19.0 Å². The lowest BCUT2D eigenvalue weighted by Crippen LogP contribution is -2.54. The molecule has 3 N–H and O–H groups in total. The highest BCUT2D eigenvalue weighted by atomic mass is 35.5. The number of halogens is 1. The van der Waals surface area contributed by atoms with E-state index in [1.165, 1.54) is 0 Å². The maximum Gasteiger partial charge on any atom is 0.240 e. The molecule has 2 amide bonds. The second-order valence-corrected chi connectivity index (χ2v) is 5.17. The van der Waals surface area contributed by atoms with E-state index in [1.54, 1.807) is 17.0 Å². The summed E-state index contributed by atoms with van der Waals surface area (Å²) in [6.07, 6.45) is 0. The summed E-state index contributed by atoms with van der Waals surface area (Å²) in [4.78, 5) is 24.7. The zero-order valence-corrected chi connectivity index (χ0v) is 11.4. The molecule has 2 unspecified atom stereocenters. The number of nitrogens with two attached hydrogens (primary N) is 1. The Balaban J connectivity index is 2.27. The van der Waals surface area contributed by atoms with Gasteiger partial charge in [-0.05, 0) is 24.6 Å². The maximum atomic E-state index is 11.5. The maximum absolute atomic E-state index is 11.5. The summed E-state index contributed by atoms with van der Waals surface area (Å²) in [5.74, 6) is -0.591. The van der Waals surface area contributed by atoms with Crippen LogP contribution in [0.25, 0.3) is 0 Å². The van der Waals surface area contributed by atoms with Crippen molar-refractivity contribution >= 4 is 23.4 Å². The highest BCUT2D eigenvalue weighted by Gasteiger charge is 2.31. The predicted octanol–water partition coefficient (Wildman–Crippen LogP) is 0.687. The van der Waals surface area contributed by atoms with Gasteiger partial charge in [0.05, 0.1) is 19.1 Å². The first-order chi connectivity index (χ1) is 8.97. The number of nitrogens with one attached hydrogen (secondary N) is 1. The quantitative estimate of drug-likeness (QED) is 0.799. The van der Waals surface area contributed by atoms with Gasteiger partial charge in [0, 0.05) is 11.1 Å². The fraction of sp³-hybridized carbons (Fsp3) is 0.385. The second kappa shape index (κ2) is 5.69. The van der Waals surface area contributed by atoms with Gasteiger partial charge in [0.25, 0.3) is 0 Å². The minimum atomic E-state index is -0.295. The van der Waals surface area contributed by atoms with Crippen molar-refractivity contribution in [2.24, 2.45) is 5.73 Å². The smallest absolute Gasteiger partial charge is 0.240 e. The number of carbonyl (C=O) groups is 2. The van der Waals surface area contributed by atoms with Gasteiger partial charge in [-0.2, -0.15) is 0 Å². The number of imide groups is 1. The number of rotatable bonds is 3. The SMILES string of the molecule is CC(N)C(c1ccc(Cl)cc1)N1CC(=O)NC(=O)C1. The molecule has 0 aliphatic carbocycles. The lowest BCUT2D eigenvalue weighted by Gasteiger charge is -2.35. The first kappa shape index (κ1) is 14.0. The van der Waals surface area contributed by atoms with Crippen LogP contribution in [0, 0.1) is 0 Å². The number of hydrogen-bond donors (Lipinski definition) is 2. The molecule has 1 heterocycles. The summed E-state index contributed by atoms with van der Waals surface area (Å²) in [5, 5.41) is 2.92. The van der Waals surface area contributed by atoms with Gasteiger partial charge in [0.1, 0.15) is 0 Å².